The summed E-state index contributed by atoms with van der Waals surface area (Å²) in [7, 11) is 1.63. The molecule has 3 heteroatoms. The van der Waals surface area contributed by atoms with Crippen molar-refractivity contribution in [1.29, 1.82) is 5.26 Å². The van der Waals surface area contributed by atoms with Gasteiger partial charge in [-0.25, -0.2) is 0 Å². The van der Waals surface area contributed by atoms with Crippen molar-refractivity contribution >= 4 is 5.69 Å². The number of nitrogens with zero attached hydrogens (tertiary/aromatic N) is 2. The number of benzene rings is 1. The highest BCUT2D eigenvalue weighted by atomic mass is 16.5. The fourth-order valence-corrected chi connectivity index (χ4v) is 1.73. The molecule has 0 atom stereocenters. The van der Waals surface area contributed by atoms with Gasteiger partial charge in [0.1, 0.15) is 11.8 Å². The first-order valence-electron chi connectivity index (χ1n) is 5.70. The molecule has 0 aliphatic heterocycles. The maximum atomic E-state index is 9.12. The van der Waals surface area contributed by atoms with Crippen LogP contribution in [-0.4, -0.2) is 20.2 Å². The molecule has 0 N–H and O–H groups in total. The number of methoxy groups -OCH3 is 1. The molecule has 0 bridgehead atoms. The Hall–Kier alpha value is -1.95. The fourth-order valence-electron chi connectivity index (χ4n) is 1.73. The van der Waals surface area contributed by atoms with Crippen molar-refractivity contribution in [3.05, 3.63) is 36.4 Å². The van der Waals surface area contributed by atoms with Gasteiger partial charge in [-0.1, -0.05) is 13.0 Å². The van der Waals surface area contributed by atoms with Crippen LogP contribution in [0.4, 0.5) is 5.69 Å². The molecule has 1 aromatic rings. The normalized spacial score (nSPS) is 9.47. The average molecular weight is 230 g/mol. The molecule has 0 aliphatic carbocycles. The molecule has 0 amide bonds. The zero-order valence-electron chi connectivity index (χ0n) is 10.4. The van der Waals surface area contributed by atoms with Gasteiger partial charge in [0.2, 0.25) is 0 Å². The van der Waals surface area contributed by atoms with Crippen molar-refractivity contribution in [3.63, 3.8) is 0 Å². The molecule has 0 heterocycles. The first-order chi connectivity index (χ1) is 8.26. The van der Waals surface area contributed by atoms with E-state index in [-0.39, 0.29) is 0 Å². The molecule has 0 unspecified atom stereocenters. The highest BCUT2D eigenvalue weighted by Gasteiger charge is 2.10. The van der Waals surface area contributed by atoms with E-state index in [9.17, 15) is 0 Å². The van der Waals surface area contributed by atoms with E-state index < -0.39 is 0 Å². The van der Waals surface area contributed by atoms with Gasteiger partial charge < -0.3 is 9.64 Å². The molecule has 0 aromatic heterocycles. The molecule has 0 saturated carbocycles. The topological polar surface area (TPSA) is 36.3 Å². The summed E-state index contributed by atoms with van der Waals surface area (Å²) in [4.78, 5) is 2.13. The number of hydrogen-bond acceptors (Lipinski definition) is 3. The SMILES string of the molecule is C=CCN(CCC)c1cc(OC)ccc1C#N. The summed E-state index contributed by atoms with van der Waals surface area (Å²) in [6.45, 7) is 7.49. The third kappa shape index (κ3) is 3.25. The largest absolute Gasteiger partial charge is 0.497 e. The monoisotopic (exact) mass is 230 g/mol. The van der Waals surface area contributed by atoms with Gasteiger partial charge in [0.25, 0.3) is 0 Å². The average Bonchev–Trinajstić information content (AvgIpc) is 2.37. The van der Waals surface area contributed by atoms with E-state index in [1.807, 2.05) is 12.1 Å². The lowest BCUT2D eigenvalue weighted by Gasteiger charge is -2.24. The van der Waals surface area contributed by atoms with Crippen LogP contribution >= 0.6 is 0 Å². The van der Waals surface area contributed by atoms with Gasteiger partial charge >= 0.3 is 0 Å². The predicted octanol–water partition coefficient (Wildman–Crippen LogP) is 2.97. The lowest BCUT2D eigenvalue weighted by Crippen LogP contribution is -2.24. The van der Waals surface area contributed by atoms with Crippen LogP contribution in [0.3, 0.4) is 0 Å². The van der Waals surface area contributed by atoms with E-state index in [4.69, 9.17) is 10.00 Å². The molecule has 90 valence electrons. The van der Waals surface area contributed by atoms with Gasteiger partial charge in [0, 0.05) is 19.2 Å². The Morgan fingerprint density at radius 2 is 2.29 bits per heavy atom. The molecule has 1 aromatic carbocycles. The summed E-state index contributed by atoms with van der Waals surface area (Å²) in [5, 5.41) is 9.12. The molecule has 3 nitrogen and oxygen atoms in total. The lowest BCUT2D eigenvalue weighted by atomic mass is 10.1. The Balaban J connectivity index is 3.14. The maximum Gasteiger partial charge on any atom is 0.121 e. The minimum absolute atomic E-state index is 0.668. The smallest absolute Gasteiger partial charge is 0.121 e. The number of ether oxygens (including phenoxy) is 1. The number of hydrogen-bond donors (Lipinski definition) is 0. The second-order valence-corrected chi connectivity index (χ2v) is 3.73. The zero-order valence-corrected chi connectivity index (χ0v) is 10.4. The maximum absolute atomic E-state index is 9.12. The summed E-state index contributed by atoms with van der Waals surface area (Å²) in [6.07, 6.45) is 2.87. The Morgan fingerprint density at radius 3 is 2.82 bits per heavy atom. The minimum atomic E-state index is 0.668. The standard InChI is InChI=1S/C14H18N2O/c1-4-8-16(9-5-2)14-10-13(17-3)7-6-12(14)11-15/h4,6-7,10H,1,5,8-9H2,2-3H3. The second-order valence-electron chi connectivity index (χ2n) is 3.73. The second kappa shape index (κ2) is 6.59. The molecule has 0 spiro atoms. The van der Waals surface area contributed by atoms with Gasteiger partial charge in [-0.2, -0.15) is 5.26 Å². The van der Waals surface area contributed by atoms with E-state index >= 15 is 0 Å². The van der Waals surface area contributed by atoms with E-state index in [0.29, 0.717) is 5.56 Å². The van der Waals surface area contributed by atoms with Crippen LogP contribution in [-0.2, 0) is 0 Å². The third-order valence-corrected chi connectivity index (χ3v) is 2.51. The quantitative estimate of drug-likeness (QED) is 0.705. The molecule has 0 aliphatic rings. The summed E-state index contributed by atoms with van der Waals surface area (Å²) in [5.74, 6) is 0.768. The predicted molar refractivity (Wildman–Crippen MR) is 70.4 cm³/mol. The first kappa shape index (κ1) is 13.1. The molecular formula is C14H18N2O. The van der Waals surface area contributed by atoms with Crippen LogP contribution in [0.5, 0.6) is 5.75 Å². The van der Waals surface area contributed by atoms with Crippen molar-refractivity contribution in [2.45, 2.75) is 13.3 Å². The van der Waals surface area contributed by atoms with Crippen molar-refractivity contribution in [3.8, 4) is 11.8 Å². The lowest BCUT2D eigenvalue weighted by molar-refractivity contribution is 0.414. The number of anilines is 1. The zero-order chi connectivity index (χ0) is 12.7. The van der Waals surface area contributed by atoms with Crippen molar-refractivity contribution < 1.29 is 4.74 Å². The van der Waals surface area contributed by atoms with Crippen molar-refractivity contribution in [2.24, 2.45) is 0 Å². The number of rotatable bonds is 6. The van der Waals surface area contributed by atoms with Crippen LogP contribution in [0, 0.1) is 11.3 Å². The molecule has 0 fully saturated rings. The Labute approximate surface area is 103 Å². The summed E-state index contributed by atoms with van der Waals surface area (Å²) < 4.78 is 5.20. The number of nitriles is 1. The van der Waals surface area contributed by atoms with Crippen LogP contribution in [0.15, 0.2) is 30.9 Å². The highest BCUT2D eigenvalue weighted by molar-refractivity contribution is 5.62. The van der Waals surface area contributed by atoms with Crippen LogP contribution < -0.4 is 9.64 Å². The van der Waals surface area contributed by atoms with Crippen molar-refractivity contribution in [1.82, 2.24) is 0 Å². The first-order valence-corrected chi connectivity index (χ1v) is 5.70. The van der Waals surface area contributed by atoms with Crippen LogP contribution in [0.1, 0.15) is 18.9 Å². The van der Waals surface area contributed by atoms with Gasteiger partial charge in [0.05, 0.1) is 18.4 Å². The molecule has 17 heavy (non-hydrogen) atoms. The van der Waals surface area contributed by atoms with Gasteiger partial charge in [-0.05, 0) is 18.6 Å². The Bertz CT molecular complexity index is 421. The summed E-state index contributed by atoms with van der Waals surface area (Å²) in [5.41, 5.74) is 1.58. The molecule has 1 rings (SSSR count). The Morgan fingerprint density at radius 1 is 1.53 bits per heavy atom. The minimum Gasteiger partial charge on any atom is -0.497 e. The van der Waals surface area contributed by atoms with Crippen LogP contribution in [0.2, 0.25) is 0 Å². The molecule has 0 radical (unpaired) electrons. The fraction of sp³-hybridized carbons (Fsp3) is 0.357. The van der Waals surface area contributed by atoms with Crippen LogP contribution in [0.25, 0.3) is 0 Å². The van der Waals surface area contributed by atoms with E-state index in [1.54, 1.807) is 19.2 Å². The molecular weight excluding hydrogens is 212 g/mol. The van der Waals surface area contributed by atoms with E-state index in [0.717, 1.165) is 30.9 Å². The summed E-state index contributed by atoms with van der Waals surface area (Å²) in [6, 6.07) is 7.71. The third-order valence-electron chi connectivity index (χ3n) is 2.51. The van der Waals surface area contributed by atoms with Gasteiger partial charge in [-0.3, -0.25) is 0 Å². The molecule has 0 saturated heterocycles. The van der Waals surface area contributed by atoms with E-state index in [2.05, 4.69) is 24.5 Å². The highest BCUT2D eigenvalue weighted by Crippen LogP contribution is 2.25. The van der Waals surface area contributed by atoms with Gasteiger partial charge in [-0.15, -0.1) is 6.58 Å². The Kier molecular flexibility index (Phi) is 5.09. The summed E-state index contributed by atoms with van der Waals surface area (Å²) >= 11 is 0. The van der Waals surface area contributed by atoms with Crippen molar-refractivity contribution in [2.75, 3.05) is 25.1 Å². The van der Waals surface area contributed by atoms with E-state index in [1.165, 1.54) is 0 Å². The van der Waals surface area contributed by atoms with Gasteiger partial charge in [0.15, 0.2) is 0 Å².